The molecule has 9 heteroatoms. The number of amides is 1. The van der Waals surface area contributed by atoms with Gasteiger partial charge in [0.2, 0.25) is 5.91 Å². The first-order valence-corrected chi connectivity index (χ1v) is 9.09. The summed E-state index contributed by atoms with van der Waals surface area (Å²) in [6, 6.07) is 1.78. The lowest BCUT2D eigenvalue weighted by Gasteiger charge is -2.27. The smallest absolute Gasteiger partial charge is 0.309 e. The van der Waals surface area contributed by atoms with Gasteiger partial charge in [-0.05, 0) is 38.8 Å². The van der Waals surface area contributed by atoms with E-state index in [1.165, 1.54) is 13.8 Å². The van der Waals surface area contributed by atoms with Crippen LogP contribution in [-0.2, 0) is 20.8 Å². The third-order valence-electron chi connectivity index (χ3n) is 4.33. The molecule has 0 bridgehead atoms. The Hall–Kier alpha value is -1.64. The predicted octanol–water partition coefficient (Wildman–Crippen LogP) is 3.17. The van der Waals surface area contributed by atoms with E-state index >= 15 is 0 Å². The number of nitrogens with zero attached hydrogens (tertiary/aromatic N) is 1. The Morgan fingerprint density at radius 3 is 2.25 bits per heavy atom. The highest BCUT2D eigenvalue weighted by atomic mass is 32.2. The van der Waals surface area contributed by atoms with Crippen LogP contribution in [0.15, 0.2) is 18.3 Å². The molecule has 0 aromatic carbocycles. The molecule has 0 unspecified atom stereocenters. The van der Waals surface area contributed by atoms with Gasteiger partial charge in [0.1, 0.15) is 10.6 Å². The number of sulfone groups is 1. The summed E-state index contributed by atoms with van der Waals surface area (Å²) in [6.45, 7) is 2.61. The lowest BCUT2D eigenvalue weighted by molar-refractivity contribution is -0.137. The molecular weight excluding hydrogens is 345 g/mol. The molecule has 0 spiro atoms. The van der Waals surface area contributed by atoms with Crippen molar-refractivity contribution >= 4 is 21.6 Å². The Balaban J connectivity index is 2.16. The normalized spacial score (nSPS) is 17.0. The zero-order valence-corrected chi connectivity index (χ0v) is 14.2. The molecule has 1 saturated carbocycles. The molecule has 1 aliphatic carbocycles. The van der Waals surface area contributed by atoms with E-state index in [2.05, 4.69) is 10.3 Å². The number of hydrogen-bond donors (Lipinski definition) is 1. The van der Waals surface area contributed by atoms with E-state index in [1.807, 2.05) is 0 Å². The predicted molar refractivity (Wildman–Crippen MR) is 83.1 cm³/mol. The summed E-state index contributed by atoms with van der Waals surface area (Å²) in [6.07, 6.45) is -1.27. The van der Waals surface area contributed by atoms with Crippen LogP contribution in [0.3, 0.4) is 0 Å². The fourth-order valence-corrected chi connectivity index (χ4v) is 4.74. The standard InChI is InChI=1S/C15H19F3N2O3S/c1-14(2,24(22,23)11-5-3-4-6-11)13(21)20-12-8-7-10(9-19-12)15(16,17)18/h7-9,11H,3-6H2,1-2H3,(H,19,20,21). The van der Waals surface area contributed by atoms with E-state index in [1.54, 1.807) is 0 Å². The molecule has 0 radical (unpaired) electrons. The second-order valence-electron chi connectivity index (χ2n) is 6.35. The first-order chi connectivity index (χ1) is 11.0. The maximum absolute atomic E-state index is 12.6. The molecule has 1 N–H and O–H groups in total. The van der Waals surface area contributed by atoms with Crippen molar-refractivity contribution in [2.24, 2.45) is 0 Å². The monoisotopic (exact) mass is 364 g/mol. The van der Waals surface area contributed by atoms with E-state index in [-0.39, 0.29) is 5.82 Å². The Labute approximate surface area is 138 Å². The lowest BCUT2D eigenvalue weighted by Crippen LogP contribution is -2.48. The third kappa shape index (κ3) is 3.55. The quantitative estimate of drug-likeness (QED) is 0.890. The molecule has 1 fully saturated rings. The van der Waals surface area contributed by atoms with Crippen LogP contribution < -0.4 is 5.32 Å². The Morgan fingerprint density at radius 1 is 1.21 bits per heavy atom. The number of carbonyl (C=O) groups is 1. The number of hydrogen-bond acceptors (Lipinski definition) is 4. The summed E-state index contributed by atoms with van der Waals surface area (Å²) in [4.78, 5) is 15.9. The van der Waals surface area contributed by atoms with E-state index in [4.69, 9.17) is 0 Å². The molecular formula is C15H19F3N2O3S. The molecule has 24 heavy (non-hydrogen) atoms. The van der Waals surface area contributed by atoms with Crippen LogP contribution in [0.2, 0.25) is 0 Å². The number of aromatic nitrogens is 1. The van der Waals surface area contributed by atoms with Crippen LogP contribution >= 0.6 is 0 Å². The fourth-order valence-electron chi connectivity index (χ4n) is 2.65. The third-order valence-corrected chi connectivity index (χ3v) is 7.29. The molecule has 1 aromatic rings. The van der Waals surface area contributed by atoms with E-state index in [0.29, 0.717) is 19.0 Å². The number of anilines is 1. The summed E-state index contributed by atoms with van der Waals surface area (Å²) in [5.41, 5.74) is -0.946. The molecule has 0 atom stereocenters. The fraction of sp³-hybridized carbons (Fsp3) is 0.600. The maximum atomic E-state index is 12.6. The van der Waals surface area contributed by atoms with Crippen molar-refractivity contribution in [1.29, 1.82) is 0 Å². The van der Waals surface area contributed by atoms with Crippen molar-refractivity contribution in [2.45, 2.75) is 55.7 Å². The van der Waals surface area contributed by atoms with Crippen molar-refractivity contribution < 1.29 is 26.4 Å². The number of rotatable bonds is 4. The summed E-state index contributed by atoms with van der Waals surface area (Å²) in [5, 5.41) is 1.74. The van der Waals surface area contributed by atoms with Gasteiger partial charge in [-0.1, -0.05) is 12.8 Å². The van der Waals surface area contributed by atoms with Crippen LogP contribution in [0, 0.1) is 0 Å². The number of alkyl halides is 3. The number of pyridine rings is 1. The van der Waals surface area contributed by atoms with Gasteiger partial charge >= 0.3 is 6.18 Å². The minimum atomic E-state index is -4.53. The zero-order valence-electron chi connectivity index (χ0n) is 13.4. The Kier molecular flexibility index (Phi) is 4.94. The van der Waals surface area contributed by atoms with Gasteiger partial charge in [0, 0.05) is 6.20 Å². The van der Waals surface area contributed by atoms with Crippen molar-refractivity contribution in [3.05, 3.63) is 23.9 Å². The summed E-state index contributed by atoms with van der Waals surface area (Å²) in [5.74, 6) is -0.927. The highest BCUT2D eigenvalue weighted by Gasteiger charge is 2.47. The lowest BCUT2D eigenvalue weighted by atomic mass is 10.2. The van der Waals surface area contributed by atoms with Gasteiger partial charge < -0.3 is 5.32 Å². The van der Waals surface area contributed by atoms with E-state index in [0.717, 1.165) is 25.0 Å². The maximum Gasteiger partial charge on any atom is 0.417 e. The summed E-state index contributed by atoms with van der Waals surface area (Å²) in [7, 11) is -3.71. The van der Waals surface area contributed by atoms with Crippen LogP contribution in [0.1, 0.15) is 45.1 Å². The van der Waals surface area contributed by atoms with Crippen LogP contribution in [0.5, 0.6) is 0 Å². The molecule has 1 aromatic heterocycles. The number of halogens is 3. The first-order valence-electron chi connectivity index (χ1n) is 7.54. The van der Waals surface area contributed by atoms with Crippen molar-refractivity contribution in [1.82, 2.24) is 4.98 Å². The molecule has 1 aliphatic rings. The van der Waals surface area contributed by atoms with Gasteiger partial charge in [-0.15, -0.1) is 0 Å². The SMILES string of the molecule is CC(C)(C(=O)Nc1ccc(C(F)(F)F)cn1)S(=O)(=O)C1CCCC1. The number of nitrogens with one attached hydrogen (secondary N) is 1. The van der Waals surface area contributed by atoms with Crippen molar-refractivity contribution in [3.8, 4) is 0 Å². The highest BCUT2D eigenvalue weighted by molar-refractivity contribution is 7.94. The van der Waals surface area contributed by atoms with Gasteiger partial charge in [0.05, 0.1) is 10.8 Å². The summed E-state index contributed by atoms with van der Waals surface area (Å²) < 4.78 is 61.1. The van der Waals surface area contributed by atoms with E-state index in [9.17, 15) is 26.4 Å². The highest BCUT2D eigenvalue weighted by Crippen LogP contribution is 2.33. The average Bonchev–Trinajstić information content (AvgIpc) is 3.01. The van der Waals surface area contributed by atoms with Crippen LogP contribution in [0.25, 0.3) is 0 Å². The molecule has 0 aliphatic heterocycles. The second kappa shape index (κ2) is 6.34. The molecule has 0 saturated heterocycles. The molecule has 134 valence electrons. The molecule has 1 heterocycles. The van der Waals surface area contributed by atoms with Crippen LogP contribution in [0.4, 0.5) is 19.0 Å². The largest absolute Gasteiger partial charge is 0.417 e. The van der Waals surface area contributed by atoms with Crippen molar-refractivity contribution in [2.75, 3.05) is 5.32 Å². The molecule has 1 amide bonds. The molecule has 5 nitrogen and oxygen atoms in total. The van der Waals surface area contributed by atoms with E-state index < -0.39 is 37.5 Å². The Morgan fingerprint density at radius 2 is 1.79 bits per heavy atom. The minimum Gasteiger partial charge on any atom is -0.309 e. The van der Waals surface area contributed by atoms with Gasteiger partial charge in [-0.2, -0.15) is 13.2 Å². The first kappa shape index (κ1) is 18.7. The van der Waals surface area contributed by atoms with Gasteiger partial charge in [0.15, 0.2) is 9.84 Å². The zero-order chi connectivity index (χ0) is 18.2. The van der Waals surface area contributed by atoms with Gasteiger partial charge in [0.25, 0.3) is 0 Å². The summed E-state index contributed by atoms with van der Waals surface area (Å²) >= 11 is 0. The van der Waals surface area contributed by atoms with Crippen LogP contribution in [-0.4, -0.2) is 29.3 Å². The van der Waals surface area contributed by atoms with Crippen molar-refractivity contribution in [3.63, 3.8) is 0 Å². The minimum absolute atomic E-state index is 0.123. The van der Waals surface area contributed by atoms with Gasteiger partial charge in [-0.3, -0.25) is 4.79 Å². The van der Waals surface area contributed by atoms with Gasteiger partial charge in [-0.25, -0.2) is 13.4 Å². The average molecular weight is 364 g/mol. The number of carbonyl (C=O) groups excluding carboxylic acids is 1. The Bertz CT molecular complexity index is 706. The second-order valence-corrected chi connectivity index (χ2v) is 9.12. The molecule has 2 rings (SSSR count). The topological polar surface area (TPSA) is 76.1 Å².